The van der Waals surface area contributed by atoms with E-state index in [1.165, 1.54) is 5.56 Å². The zero-order chi connectivity index (χ0) is 11.5. The summed E-state index contributed by atoms with van der Waals surface area (Å²) >= 11 is 5.11. The lowest BCUT2D eigenvalue weighted by atomic mass is 10.1. The summed E-state index contributed by atoms with van der Waals surface area (Å²) in [5, 5.41) is 6.44. The minimum absolute atomic E-state index is 0.109. The highest BCUT2D eigenvalue weighted by Crippen LogP contribution is 2.26. The zero-order valence-electron chi connectivity index (χ0n) is 8.85. The van der Waals surface area contributed by atoms with Crippen molar-refractivity contribution in [2.45, 2.75) is 12.5 Å². The number of nitrogens with zero attached hydrogens (tertiary/aromatic N) is 2. The predicted molar refractivity (Wildman–Crippen MR) is 69.0 cm³/mol. The molecule has 0 saturated heterocycles. The molecule has 0 aliphatic rings. The fourth-order valence-corrected chi connectivity index (χ4v) is 2.79. The molecule has 0 fully saturated rings. The Morgan fingerprint density at radius 3 is 3.00 bits per heavy atom. The highest BCUT2D eigenvalue weighted by atomic mass is 79.9. The summed E-state index contributed by atoms with van der Waals surface area (Å²) in [6.07, 6.45) is 2.73. The number of thiophene rings is 1. The van der Waals surface area contributed by atoms with Crippen LogP contribution in [0.2, 0.25) is 0 Å². The lowest BCUT2D eigenvalue weighted by molar-refractivity contribution is 0.543. The molecule has 2 heterocycles. The Labute approximate surface area is 107 Å². The van der Waals surface area contributed by atoms with Gasteiger partial charge in [-0.25, -0.2) is 0 Å². The predicted octanol–water partition coefficient (Wildman–Crippen LogP) is 1.99. The van der Waals surface area contributed by atoms with Gasteiger partial charge in [-0.3, -0.25) is 16.0 Å². The normalized spacial score (nSPS) is 12.9. The van der Waals surface area contributed by atoms with Crippen molar-refractivity contribution in [1.29, 1.82) is 0 Å². The van der Waals surface area contributed by atoms with Crippen LogP contribution in [0.25, 0.3) is 0 Å². The molecular weight excluding hydrogens is 288 g/mol. The first-order valence-corrected chi connectivity index (χ1v) is 6.55. The van der Waals surface area contributed by atoms with Crippen LogP contribution in [0.15, 0.2) is 27.5 Å². The van der Waals surface area contributed by atoms with E-state index in [0.29, 0.717) is 0 Å². The van der Waals surface area contributed by atoms with Gasteiger partial charge in [0, 0.05) is 19.7 Å². The number of aryl methyl sites for hydroxylation is 1. The van der Waals surface area contributed by atoms with Gasteiger partial charge in [-0.1, -0.05) is 0 Å². The molecule has 2 rings (SSSR count). The van der Waals surface area contributed by atoms with E-state index in [4.69, 9.17) is 5.84 Å². The molecule has 6 heteroatoms. The third kappa shape index (κ3) is 2.70. The maximum atomic E-state index is 5.57. The van der Waals surface area contributed by atoms with Gasteiger partial charge in [0.1, 0.15) is 0 Å². The number of hydrogen-bond donors (Lipinski definition) is 2. The summed E-state index contributed by atoms with van der Waals surface area (Å²) in [5.74, 6) is 5.57. The Bertz CT molecular complexity index is 465. The third-order valence-corrected chi connectivity index (χ3v) is 3.90. The van der Waals surface area contributed by atoms with Gasteiger partial charge in [0.05, 0.1) is 15.5 Å². The van der Waals surface area contributed by atoms with Crippen molar-refractivity contribution >= 4 is 27.3 Å². The van der Waals surface area contributed by atoms with Gasteiger partial charge in [0.2, 0.25) is 0 Å². The van der Waals surface area contributed by atoms with Crippen molar-refractivity contribution in [3.05, 3.63) is 38.8 Å². The van der Waals surface area contributed by atoms with Crippen LogP contribution in [0.5, 0.6) is 0 Å². The van der Waals surface area contributed by atoms with Crippen molar-refractivity contribution < 1.29 is 0 Å². The molecule has 0 radical (unpaired) electrons. The molecule has 0 spiro atoms. The molecule has 86 valence electrons. The Morgan fingerprint density at radius 1 is 1.69 bits per heavy atom. The number of nitrogens with one attached hydrogen (secondary N) is 1. The molecule has 0 bridgehead atoms. The SMILES string of the molecule is Cn1ccc(CC(NN)c2csc(Br)c2)n1. The topological polar surface area (TPSA) is 55.9 Å². The summed E-state index contributed by atoms with van der Waals surface area (Å²) in [5.41, 5.74) is 5.05. The molecule has 3 N–H and O–H groups in total. The number of nitrogens with two attached hydrogens (primary N) is 1. The van der Waals surface area contributed by atoms with Crippen LogP contribution in [0, 0.1) is 0 Å². The molecule has 0 aliphatic carbocycles. The van der Waals surface area contributed by atoms with Crippen LogP contribution in [0.1, 0.15) is 17.3 Å². The maximum Gasteiger partial charge on any atom is 0.0701 e. The van der Waals surface area contributed by atoms with Gasteiger partial charge in [0.25, 0.3) is 0 Å². The Kier molecular flexibility index (Phi) is 3.75. The monoisotopic (exact) mass is 300 g/mol. The van der Waals surface area contributed by atoms with E-state index < -0.39 is 0 Å². The van der Waals surface area contributed by atoms with Crippen LogP contribution in [0.3, 0.4) is 0 Å². The number of aromatic nitrogens is 2. The third-order valence-electron chi connectivity index (χ3n) is 2.37. The average molecular weight is 301 g/mol. The van der Waals surface area contributed by atoms with Crippen LogP contribution in [0.4, 0.5) is 0 Å². The number of halogens is 1. The summed E-state index contributed by atoms with van der Waals surface area (Å²) in [4.78, 5) is 0. The Balaban J connectivity index is 2.12. The van der Waals surface area contributed by atoms with Gasteiger partial charge < -0.3 is 0 Å². The summed E-state index contributed by atoms with van der Waals surface area (Å²) < 4.78 is 2.91. The van der Waals surface area contributed by atoms with E-state index in [-0.39, 0.29) is 6.04 Å². The zero-order valence-corrected chi connectivity index (χ0v) is 11.3. The van der Waals surface area contributed by atoms with Crippen LogP contribution < -0.4 is 11.3 Å². The van der Waals surface area contributed by atoms with Crippen molar-refractivity contribution in [3.8, 4) is 0 Å². The van der Waals surface area contributed by atoms with E-state index in [9.17, 15) is 0 Å². The smallest absolute Gasteiger partial charge is 0.0701 e. The lowest BCUT2D eigenvalue weighted by Gasteiger charge is -2.12. The molecular formula is C10H13BrN4S. The maximum absolute atomic E-state index is 5.57. The van der Waals surface area contributed by atoms with Gasteiger partial charge in [-0.2, -0.15) is 5.10 Å². The molecule has 0 saturated carbocycles. The van der Waals surface area contributed by atoms with E-state index in [0.717, 1.165) is 15.9 Å². The molecule has 0 aromatic carbocycles. The van der Waals surface area contributed by atoms with Crippen LogP contribution in [-0.2, 0) is 13.5 Å². The van der Waals surface area contributed by atoms with Crippen molar-refractivity contribution in [1.82, 2.24) is 15.2 Å². The van der Waals surface area contributed by atoms with Gasteiger partial charge in [0.15, 0.2) is 0 Å². The molecule has 2 aromatic rings. The molecule has 2 aromatic heterocycles. The first-order chi connectivity index (χ1) is 7.69. The number of hydrazine groups is 1. The second-order valence-corrected chi connectivity index (χ2v) is 5.88. The quantitative estimate of drug-likeness (QED) is 0.671. The largest absolute Gasteiger partial charge is 0.276 e. The summed E-state index contributed by atoms with van der Waals surface area (Å²) in [7, 11) is 1.91. The highest BCUT2D eigenvalue weighted by Gasteiger charge is 2.13. The first kappa shape index (κ1) is 11.8. The number of hydrogen-bond acceptors (Lipinski definition) is 4. The van der Waals surface area contributed by atoms with E-state index in [2.05, 4.69) is 37.9 Å². The summed E-state index contributed by atoms with van der Waals surface area (Å²) in [6, 6.07) is 4.20. The minimum atomic E-state index is 0.109. The molecule has 0 aliphatic heterocycles. The van der Waals surface area contributed by atoms with Gasteiger partial charge in [-0.15, -0.1) is 11.3 Å². The molecule has 16 heavy (non-hydrogen) atoms. The van der Waals surface area contributed by atoms with Crippen molar-refractivity contribution in [2.75, 3.05) is 0 Å². The molecule has 1 atom stereocenters. The van der Waals surface area contributed by atoms with Crippen molar-refractivity contribution in [2.24, 2.45) is 12.9 Å². The lowest BCUT2D eigenvalue weighted by Crippen LogP contribution is -2.29. The van der Waals surface area contributed by atoms with E-state index in [1.54, 1.807) is 16.0 Å². The van der Waals surface area contributed by atoms with Crippen molar-refractivity contribution in [3.63, 3.8) is 0 Å². The minimum Gasteiger partial charge on any atom is -0.276 e. The molecule has 1 unspecified atom stereocenters. The molecule has 4 nitrogen and oxygen atoms in total. The average Bonchev–Trinajstić information content (AvgIpc) is 2.84. The second-order valence-electron chi connectivity index (χ2n) is 3.59. The van der Waals surface area contributed by atoms with E-state index in [1.807, 2.05) is 19.3 Å². The summed E-state index contributed by atoms with van der Waals surface area (Å²) in [6.45, 7) is 0. The first-order valence-electron chi connectivity index (χ1n) is 4.87. The Morgan fingerprint density at radius 2 is 2.50 bits per heavy atom. The Hall–Kier alpha value is -0.690. The number of rotatable bonds is 4. The molecule has 0 amide bonds. The van der Waals surface area contributed by atoms with Crippen LogP contribution in [-0.4, -0.2) is 9.78 Å². The fourth-order valence-electron chi connectivity index (χ4n) is 1.56. The highest BCUT2D eigenvalue weighted by molar-refractivity contribution is 9.11. The van der Waals surface area contributed by atoms with Crippen LogP contribution >= 0.6 is 27.3 Å². The van der Waals surface area contributed by atoms with E-state index >= 15 is 0 Å². The van der Waals surface area contributed by atoms with Gasteiger partial charge in [-0.05, 0) is 39.0 Å². The van der Waals surface area contributed by atoms with Gasteiger partial charge >= 0.3 is 0 Å². The second kappa shape index (κ2) is 5.09. The standard InChI is InChI=1S/C10H13BrN4S/c1-15-3-2-8(14-15)5-9(13-12)7-4-10(11)16-6-7/h2-4,6,9,13H,5,12H2,1H3. The fraction of sp³-hybridized carbons (Fsp3) is 0.300.